The molecule has 0 bridgehead atoms. The Kier molecular flexibility index (Phi) is 8.84. The highest BCUT2D eigenvalue weighted by Gasteiger charge is 1.90. The van der Waals surface area contributed by atoms with E-state index in [0.29, 0.717) is 6.61 Å². The summed E-state index contributed by atoms with van der Waals surface area (Å²) in [6, 6.07) is 3.90. The maximum absolute atomic E-state index is 8.64. The van der Waals surface area contributed by atoms with E-state index < -0.39 is 0 Å². The van der Waals surface area contributed by atoms with Crippen LogP contribution in [0.2, 0.25) is 0 Å². The van der Waals surface area contributed by atoms with Gasteiger partial charge in [-0.15, -0.1) is 0 Å². The first-order valence-corrected chi connectivity index (χ1v) is 6.93. The molecule has 0 aliphatic rings. The van der Waals surface area contributed by atoms with Gasteiger partial charge in [0, 0.05) is 31.0 Å². The number of aliphatic hydroxyl groups is 1. The molecule has 2 heteroatoms. The lowest BCUT2D eigenvalue weighted by molar-refractivity contribution is 0.282. The van der Waals surface area contributed by atoms with Crippen LogP contribution in [0.15, 0.2) is 24.5 Å². The minimum Gasteiger partial charge on any atom is -0.396 e. The summed E-state index contributed by atoms with van der Waals surface area (Å²) in [5, 5.41) is 8.64. The molecule has 2 nitrogen and oxygen atoms in total. The lowest BCUT2D eigenvalue weighted by atomic mass is 10.1. The number of hydrogen-bond acceptors (Lipinski definition) is 2. The number of aliphatic hydroxyl groups excluding tert-OH is 1. The molecule has 0 atom stereocenters. The van der Waals surface area contributed by atoms with Gasteiger partial charge in [-0.05, 0) is 25.0 Å². The molecule has 0 unspecified atom stereocenters. The fourth-order valence-electron chi connectivity index (χ4n) is 1.81. The Hall–Kier alpha value is -1.33. The van der Waals surface area contributed by atoms with Crippen molar-refractivity contribution in [3.8, 4) is 11.8 Å². The molecule has 18 heavy (non-hydrogen) atoms. The van der Waals surface area contributed by atoms with E-state index in [2.05, 4.69) is 16.8 Å². The summed E-state index contributed by atoms with van der Waals surface area (Å²) in [7, 11) is 0. The van der Waals surface area contributed by atoms with Crippen molar-refractivity contribution >= 4 is 0 Å². The van der Waals surface area contributed by atoms with E-state index >= 15 is 0 Å². The molecule has 0 saturated carbocycles. The van der Waals surface area contributed by atoms with Crippen LogP contribution >= 0.6 is 0 Å². The van der Waals surface area contributed by atoms with E-state index in [-0.39, 0.29) is 0 Å². The maximum atomic E-state index is 8.64. The van der Waals surface area contributed by atoms with Gasteiger partial charge in [0.1, 0.15) is 0 Å². The molecule has 0 aliphatic heterocycles. The van der Waals surface area contributed by atoms with Crippen molar-refractivity contribution in [3.63, 3.8) is 0 Å². The van der Waals surface area contributed by atoms with E-state index in [4.69, 9.17) is 5.11 Å². The zero-order valence-electron chi connectivity index (χ0n) is 11.1. The van der Waals surface area contributed by atoms with Crippen LogP contribution in [0.3, 0.4) is 0 Å². The summed E-state index contributed by atoms with van der Waals surface area (Å²) < 4.78 is 0. The van der Waals surface area contributed by atoms with Crippen LogP contribution < -0.4 is 0 Å². The van der Waals surface area contributed by atoms with Gasteiger partial charge in [0.15, 0.2) is 0 Å². The zero-order valence-corrected chi connectivity index (χ0v) is 11.1. The Morgan fingerprint density at radius 3 is 2.39 bits per heavy atom. The number of rotatable bonds is 8. The Morgan fingerprint density at radius 2 is 1.72 bits per heavy atom. The molecule has 1 aromatic rings. The Morgan fingerprint density at radius 1 is 1.00 bits per heavy atom. The largest absolute Gasteiger partial charge is 0.396 e. The molecule has 1 heterocycles. The van der Waals surface area contributed by atoms with E-state index in [9.17, 15) is 0 Å². The fraction of sp³-hybridized carbons (Fsp3) is 0.562. The third-order valence-corrected chi connectivity index (χ3v) is 2.85. The predicted octanol–water partition coefficient (Wildman–Crippen LogP) is 3.55. The van der Waals surface area contributed by atoms with Gasteiger partial charge >= 0.3 is 0 Å². The highest BCUT2D eigenvalue weighted by molar-refractivity contribution is 5.30. The first kappa shape index (κ1) is 14.7. The highest BCUT2D eigenvalue weighted by Crippen LogP contribution is 2.08. The highest BCUT2D eigenvalue weighted by atomic mass is 16.2. The molecule has 0 fully saturated rings. The Labute approximate surface area is 110 Å². The topological polar surface area (TPSA) is 33.1 Å². The number of unbranched alkanes of at least 4 members (excludes halogenated alkanes) is 7. The van der Waals surface area contributed by atoms with Gasteiger partial charge in [0.2, 0.25) is 0 Å². The van der Waals surface area contributed by atoms with Crippen molar-refractivity contribution in [2.24, 2.45) is 0 Å². The molecule has 1 N–H and O–H groups in total. The Balaban J connectivity index is 1.94. The first-order valence-electron chi connectivity index (χ1n) is 6.93. The molecule has 0 amide bonds. The van der Waals surface area contributed by atoms with Gasteiger partial charge in [-0.2, -0.15) is 0 Å². The summed E-state index contributed by atoms with van der Waals surface area (Å²) in [5.74, 6) is 6.31. The molecule has 1 aromatic heterocycles. The Bertz CT molecular complexity index is 350. The van der Waals surface area contributed by atoms with Crippen LogP contribution in [0.4, 0.5) is 0 Å². The summed E-state index contributed by atoms with van der Waals surface area (Å²) in [4.78, 5) is 4.03. The third kappa shape index (κ3) is 7.86. The van der Waals surface area contributed by atoms with Crippen LogP contribution in [0.25, 0.3) is 0 Å². The molecule has 0 spiro atoms. The van der Waals surface area contributed by atoms with Gasteiger partial charge in [-0.25, -0.2) is 0 Å². The van der Waals surface area contributed by atoms with Crippen molar-refractivity contribution in [1.82, 2.24) is 4.98 Å². The van der Waals surface area contributed by atoms with Crippen LogP contribution in [0, 0.1) is 11.8 Å². The van der Waals surface area contributed by atoms with E-state index in [0.717, 1.165) is 24.8 Å². The molecule has 1 rings (SSSR count). The van der Waals surface area contributed by atoms with Gasteiger partial charge in [-0.1, -0.05) is 43.9 Å². The average Bonchev–Trinajstić information content (AvgIpc) is 2.42. The van der Waals surface area contributed by atoms with Crippen molar-refractivity contribution in [3.05, 3.63) is 30.1 Å². The normalized spacial score (nSPS) is 9.83. The number of hydrogen-bond donors (Lipinski definition) is 1. The zero-order chi connectivity index (χ0) is 12.9. The number of aromatic nitrogens is 1. The van der Waals surface area contributed by atoms with Gasteiger partial charge in [-0.3, -0.25) is 4.98 Å². The summed E-state index contributed by atoms with van der Waals surface area (Å²) in [6.07, 6.45) is 12.9. The van der Waals surface area contributed by atoms with Gasteiger partial charge < -0.3 is 5.11 Å². The van der Waals surface area contributed by atoms with E-state index in [1.165, 1.54) is 32.1 Å². The predicted molar refractivity (Wildman–Crippen MR) is 75.1 cm³/mol. The van der Waals surface area contributed by atoms with Gasteiger partial charge in [0.05, 0.1) is 0 Å². The SMILES string of the molecule is OCCCCCCCCCC#Cc1cccnc1. The standard InChI is InChI=1S/C16H23NO/c18-14-9-7-5-3-1-2-4-6-8-11-16-12-10-13-17-15-16/h10,12-13,15,18H,1-7,9,14H2. The molecular weight excluding hydrogens is 222 g/mol. The minimum absolute atomic E-state index is 0.337. The molecule has 98 valence electrons. The monoisotopic (exact) mass is 245 g/mol. The van der Waals surface area contributed by atoms with Crippen molar-refractivity contribution in [2.45, 2.75) is 51.4 Å². The number of nitrogens with zero attached hydrogens (tertiary/aromatic N) is 1. The second kappa shape index (κ2) is 10.8. The van der Waals surface area contributed by atoms with E-state index in [1.807, 2.05) is 12.1 Å². The van der Waals surface area contributed by atoms with E-state index in [1.54, 1.807) is 12.4 Å². The van der Waals surface area contributed by atoms with Crippen LogP contribution in [0.5, 0.6) is 0 Å². The van der Waals surface area contributed by atoms with Crippen LogP contribution in [0.1, 0.15) is 56.9 Å². The summed E-state index contributed by atoms with van der Waals surface area (Å²) >= 11 is 0. The molecule has 0 radical (unpaired) electrons. The first-order chi connectivity index (χ1) is 8.93. The maximum Gasteiger partial charge on any atom is 0.0431 e. The lowest BCUT2D eigenvalue weighted by Crippen LogP contribution is -1.84. The molecule has 0 aliphatic carbocycles. The van der Waals surface area contributed by atoms with Crippen LogP contribution in [-0.4, -0.2) is 16.7 Å². The quantitative estimate of drug-likeness (QED) is 0.561. The third-order valence-electron chi connectivity index (χ3n) is 2.85. The molecular formula is C16H23NO. The number of pyridine rings is 1. The average molecular weight is 245 g/mol. The molecule has 0 aromatic carbocycles. The van der Waals surface area contributed by atoms with Crippen molar-refractivity contribution in [2.75, 3.05) is 6.61 Å². The second-order valence-electron chi connectivity index (χ2n) is 4.49. The lowest BCUT2D eigenvalue weighted by Gasteiger charge is -1.98. The smallest absolute Gasteiger partial charge is 0.0431 e. The fourth-order valence-corrected chi connectivity index (χ4v) is 1.81. The van der Waals surface area contributed by atoms with Crippen molar-refractivity contribution < 1.29 is 5.11 Å². The summed E-state index contributed by atoms with van der Waals surface area (Å²) in [5.41, 5.74) is 1.00. The van der Waals surface area contributed by atoms with Gasteiger partial charge in [0.25, 0.3) is 0 Å². The van der Waals surface area contributed by atoms with Crippen molar-refractivity contribution in [1.29, 1.82) is 0 Å². The van der Waals surface area contributed by atoms with Crippen LogP contribution in [-0.2, 0) is 0 Å². The second-order valence-corrected chi connectivity index (χ2v) is 4.49. The minimum atomic E-state index is 0.337. The summed E-state index contributed by atoms with van der Waals surface area (Å²) in [6.45, 7) is 0.337. The molecule has 0 saturated heterocycles.